The van der Waals surface area contributed by atoms with Gasteiger partial charge in [0.05, 0.1) is 19.1 Å². The number of aromatic nitrogens is 1. The second kappa shape index (κ2) is 19.2. The lowest BCUT2D eigenvalue weighted by Crippen LogP contribution is -2.44. The number of fused-ring (bicyclic) bond motifs is 1. The summed E-state index contributed by atoms with van der Waals surface area (Å²) in [6, 6.07) is 6.58. The summed E-state index contributed by atoms with van der Waals surface area (Å²) in [4.78, 5) is 41.9. The van der Waals surface area contributed by atoms with Crippen LogP contribution in [0.5, 0.6) is 0 Å². The van der Waals surface area contributed by atoms with Gasteiger partial charge in [-0.2, -0.15) is 0 Å². The minimum atomic E-state index is -0.828. The van der Waals surface area contributed by atoms with Gasteiger partial charge in [0.15, 0.2) is 0 Å². The number of hydrogen-bond donors (Lipinski definition) is 3. The molecule has 0 radical (unpaired) electrons. The molecule has 2 rings (SSSR count). The molecule has 3 atom stereocenters. The molecule has 3 unspecified atom stereocenters. The maximum absolute atomic E-state index is 13.1. The quantitative estimate of drug-likeness (QED) is 0.128. The zero-order valence-corrected chi connectivity index (χ0v) is 24.8. The number of aromatic amines is 1. The maximum atomic E-state index is 13.1. The summed E-state index contributed by atoms with van der Waals surface area (Å²) in [7, 11) is 0. The van der Waals surface area contributed by atoms with Crippen molar-refractivity contribution in [2.45, 2.75) is 116 Å². The lowest BCUT2D eigenvalue weighted by Gasteiger charge is -2.21. The van der Waals surface area contributed by atoms with Crippen LogP contribution in [0.4, 0.5) is 0 Å². The van der Waals surface area contributed by atoms with Crippen LogP contribution in [-0.2, 0) is 30.3 Å². The fourth-order valence-corrected chi connectivity index (χ4v) is 4.83. The van der Waals surface area contributed by atoms with Gasteiger partial charge in [-0.1, -0.05) is 83.4 Å². The summed E-state index contributed by atoms with van der Waals surface area (Å²) in [5.74, 6) is -1.71. The number of ether oxygens (including phenoxy) is 2. The SMILES string of the molecule is CCCCCCCOC(=O)C(Cc1c[nH]c2ccccc12)NC(=O)CCC(C(=O)OCCCCCCC)C(C)N. The van der Waals surface area contributed by atoms with Crippen LogP contribution >= 0.6 is 0 Å². The highest BCUT2D eigenvalue weighted by molar-refractivity contribution is 5.87. The molecular formula is C32H51N3O5. The molecule has 1 aromatic carbocycles. The van der Waals surface area contributed by atoms with E-state index < -0.39 is 24.0 Å². The van der Waals surface area contributed by atoms with E-state index in [2.05, 4.69) is 24.1 Å². The molecule has 0 fully saturated rings. The third kappa shape index (κ3) is 12.1. The number of esters is 2. The predicted molar refractivity (Wildman–Crippen MR) is 160 cm³/mol. The largest absolute Gasteiger partial charge is 0.465 e. The van der Waals surface area contributed by atoms with Crippen LogP contribution < -0.4 is 11.1 Å². The van der Waals surface area contributed by atoms with Gasteiger partial charge in [0.25, 0.3) is 0 Å². The van der Waals surface area contributed by atoms with E-state index in [4.69, 9.17) is 15.2 Å². The zero-order chi connectivity index (χ0) is 29.2. The van der Waals surface area contributed by atoms with Crippen LogP contribution in [0.25, 0.3) is 10.9 Å². The Labute approximate surface area is 240 Å². The van der Waals surface area contributed by atoms with Crippen molar-refractivity contribution in [3.05, 3.63) is 36.0 Å². The smallest absolute Gasteiger partial charge is 0.328 e. The van der Waals surface area contributed by atoms with Gasteiger partial charge in [-0.05, 0) is 37.8 Å². The average Bonchev–Trinajstić information content (AvgIpc) is 3.34. The lowest BCUT2D eigenvalue weighted by molar-refractivity contribution is -0.150. The van der Waals surface area contributed by atoms with Gasteiger partial charge < -0.3 is 25.5 Å². The summed E-state index contributed by atoms with van der Waals surface area (Å²) in [6.07, 6.45) is 13.1. The highest BCUT2D eigenvalue weighted by Crippen LogP contribution is 2.20. The van der Waals surface area contributed by atoms with Crippen molar-refractivity contribution in [3.8, 4) is 0 Å². The Morgan fingerprint density at radius 2 is 1.48 bits per heavy atom. The van der Waals surface area contributed by atoms with Crippen molar-refractivity contribution in [1.82, 2.24) is 10.3 Å². The molecule has 1 heterocycles. The van der Waals surface area contributed by atoms with E-state index in [0.717, 1.165) is 67.8 Å². The maximum Gasteiger partial charge on any atom is 0.328 e. The number of rotatable bonds is 21. The van der Waals surface area contributed by atoms with E-state index in [-0.39, 0.29) is 24.7 Å². The van der Waals surface area contributed by atoms with Gasteiger partial charge in [-0.15, -0.1) is 0 Å². The van der Waals surface area contributed by atoms with Gasteiger partial charge in [0.1, 0.15) is 6.04 Å². The number of nitrogens with two attached hydrogens (primary N) is 1. The normalized spacial score (nSPS) is 13.5. The Balaban J connectivity index is 1.95. The van der Waals surface area contributed by atoms with Gasteiger partial charge in [0.2, 0.25) is 5.91 Å². The number of carbonyl (C=O) groups is 3. The monoisotopic (exact) mass is 557 g/mol. The summed E-state index contributed by atoms with van der Waals surface area (Å²) < 4.78 is 11.0. The highest BCUT2D eigenvalue weighted by Gasteiger charge is 2.28. The Hall–Kier alpha value is -2.87. The van der Waals surface area contributed by atoms with Crippen molar-refractivity contribution in [2.75, 3.05) is 13.2 Å². The first-order chi connectivity index (χ1) is 19.4. The molecule has 0 saturated heterocycles. The summed E-state index contributed by atoms with van der Waals surface area (Å²) in [6.45, 7) is 6.77. The zero-order valence-electron chi connectivity index (χ0n) is 24.8. The number of unbranched alkanes of at least 4 members (excludes halogenated alkanes) is 8. The predicted octanol–water partition coefficient (Wildman–Crippen LogP) is 5.97. The van der Waals surface area contributed by atoms with Gasteiger partial charge >= 0.3 is 11.9 Å². The molecule has 0 aliphatic rings. The van der Waals surface area contributed by atoms with Crippen LogP contribution in [0.1, 0.15) is 103 Å². The van der Waals surface area contributed by atoms with Crippen LogP contribution in [-0.4, -0.2) is 48.1 Å². The number of amides is 1. The minimum absolute atomic E-state index is 0.0620. The molecule has 40 heavy (non-hydrogen) atoms. The van der Waals surface area contributed by atoms with Crippen LogP contribution in [0.3, 0.4) is 0 Å². The summed E-state index contributed by atoms with van der Waals surface area (Å²) in [5, 5.41) is 3.87. The van der Waals surface area contributed by atoms with E-state index in [9.17, 15) is 14.4 Å². The summed E-state index contributed by atoms with van der Waals surface area (Å²) >= 11 is 0. The number of carbonyl (C=O) groups excluding carboxylic acids is 3. The lowest BCUT2D eigenvalue weighted by atomic mass is 9.96. The van der Waals surface area contributed by atoms with Crippen LogP contribution in [0.2, 0.25) is 0 Å². The molecular weight excluding hydrogens is 506 g/mol. The molecule has 0 aliphatic heterocycles. The number of hydrogen-bond acceptors (Lipinski definition) is 6. The number of benzene rings is 1. The first kappa shape index (κ1) is 33.3. The van der Waals surface area contributed by atoms with Crippen molar-refractivity contribution < 1.29 is 23.9 Å². The summed E-state index contributed by atoms with van der Waals surface area (Å²) in [5.41, 5.74) is 7.97. The highest BCUT2D eigenvalue weighted by atomic mass is 16.5. The van der Waals surface area contributed by atoms with E-state index in [1.807, 2.05) is 30.5 Å². The molecule has 0 spiro atoms. The first-order valence-corrected chi connectivity index (χ1v) is 15.3. The molecule has 2 aromatic rings. The molecule has 0 saturated carbocycles. The van der Waals surface area contributed by atoms with Crippen LogP contribution in [0.15, 0.2) is 30.5 Å². The number of para-hydroxylation sites is 1. The topological polar surface area (TPSA) is 124 Å². The Morgan fingerprint density at radius 1 is 0.875 bits per heavy atom. The fraction of sp³-hybridized carbons (Fsp3) is 0.656. The second-order valence-electron chi connectivity index (χ2n) is 10.9. The van der Waals surface area contributed by atoms with Crippen molar-refractivity contribution in [3.63, 3.8) is 0 Å². The molecule has 0 bridgehead atoms. The van der Waals surface area contributed by atoms with Gasteiger partial charge in [-0.3, -0.25) is 9.59 Å². The number of H-pyrrole nitrogens is 1. The molecule has 1 amide bonds. The van der Waals surface area contributed by atoms with Gasteiger partial charge in [0, 0.05) is 36.0 Å². The van der Waals surface area contributed by atoms with Crippen molar-refractivity contribution in [1.29, 1.82) is 0 Å². The Kier molecular flexibility index (Phi) is 16.0. The van der Waals surface area contributed by atoms with Crippen molar-refractivity contribution >= 4 is 28.7 Å². The third-order valence-electron chi connectivity index (χ3n) is 7.32. The molecule has 8 heteroatoms. The molecule has 0 aliphatic carbocycles. The average molecular weight is 558 g/mol. The van der Waals surface area contributed by atoms with E-state index in [1.54, 1.807) is 6.92 Å². The van der Waals surface area contributed by atoms with Gasteiger partial charge in [-0.25, -0.2) is 4.79 Å². The molecule has 1 aromatic heterocycles. The molecule has 224 valence electrons. The van der Waals surface area contributed by atoms with E-state index in [0.29, 0.717) is 19.6 Å². The molecule has 4 N–H and O–H groups in total. The minimum Gasteiger partial charge on any atom is -0.465 e. The Morgan fingerprint density at radius 3 is 2.10 bits per heavy atom. The van der Waals surface area contributed by atoms with E-state index >= 15 is 0 Å². The fourth-order valence-electron chi connectivity index (χ4n) is 4.83. The third-order valence-corrected chi connectivity index (χ3v) is 7.32. The Bertz CT molecular complexity index is 1020. The van der Waals surface area contributed by atoms with Crippen molar-refractivity contribution in [2.24, 2.45) is 11.7 Å². The second-order valence-corrected chi connectivity index (χ2v) is 10.9. The first-order valence-electron chi connectivity index (χ1n) is 15.3. The standard InChI is InChI=1S/C32H51N3O5/c1-4-6-8-10-14-20-39-31(37)26(24(3)33)18-19-30(36)35-29(32(38)40-21-15-11-9-7-5-2)22-25-23-34-28-17-13-12-16-27(25)28/h12-13,16-17,23-24,26,29,34H,4-11,14-15,18-22,33H2,1-3H3,(H,35,36). The van der Waals surface area contributed by atoms with Crippen LogP contribution in [0, 0.1) is 5.92 Å². The molecule has 8 nitrogen and oxygen atoms in total. The number of nitrogens with one attached hydrogen (secondary N) is 2. The van der Waals surface area contributed by atoms with E-state index in [1.165, 1.54) is 12.8 Å².